The second-order valence-corrected chi connectivity index (χ2v) is 8.10. The molecule has 0 aliphatic rings. The van der Waals surface area contributed by atoms with Gasteiger partial charge in [0.1, 0.15) is 0 Å². The fraction of sp³-hybridized carbons (Fsp3) is 0.417. The van der Waals surface area contributed by atoms with Gasteiger partial charge < -0.3 is 5.32 Å². The van der Waals surface area contributed by atoms with Crippen LogP contribution in [0, 0.1) is 5.92 Å². The summed E-state index contributed by atoms with van der Waals surface area (Å²) in [6.45, 7) is 5.86. The van der Waals surface area contributed by atoms with Crippen LogP contribution in [0.3, 0.4) is 0 Å². The maximum atomic E-state index is 12.0. The van der Waals surface area contributed by atoms with Crippen molar-refractivity contribution in [3.63, 3.8) is 0 Å². The van der Waals surface area contributed by atoms with Gasteiger partial charge in [-0.1, -0.05) is 29.8 Å². The Morgan fingerprint density at radius 1 is 1.26 bits per heavy atom. The molecule has 1 amide bonds. The van der Waals surface area contributed by atoms with E-state index >= 15 is 0 Å². The highest BCUT2D eigenvalue weighted by molar-refractivity contribution is 9.10. The summed E-state index contributed by atoms with van der Waals surface area (Å²) in [4.78, 5) is 11.9. The summed E-state index contributed by atoms with van der Waals surface area (Å²) in [5.74, 6) is -0.0450. The van der Waals surface area contributed by atoms with Gasteiger partial charge in [0.25, 0.3) is 15.0 Å². The standard InChI is InChI=1S/C12H15BrClNO3S/c1-7(2)8(3)15-12(16)9-4-10(13)6-11(5-9)19(14,17)18/h4-8H,1-3H3,(H,15,16). The molecule has 1 aromatic rings. The summed E-state index contributed by atoms with van der Waals surface area (Å²) in [6.07, 6.45) is 0. The number of benzene rings is 1. The molecule has 1 atom stereocenters. The molecule has 4 nitrogen and oxygen atoms in total. The average Bonchev–Trinajstić information content (AvgIpc) is 2.26. The predicted octanol–water partition coefficient (Wildman–Crippen LogP) is 3.15. The van der Waals surface area contributed by atoms with Crippen LogP contribution in [0.25, 0.3) is 0 Å². The Morgan fingerprint density at radius 3 is 2.32 bits per heavy atom. The van der Waals surface area contributed by atoms with Crippen LogP contribution in [0.4, 0.5) is 0 Å². The smallest absolute Gasteiger partial charge is 0.261 e. The molecule has 0 fully saturated rings. The summed E-state index contributed by atoms with van der Waals surface area (Å²) in [6, 6.07) is 4.15. The van der Waals surface area contributed by atoms with Crippen LogP contribution in [0.1, 0.15) is 31.1 Å². The summed E-state index contributed by atoms with van der Waals surface area (Å²) >= 11 is 3.17. The maximum Gasteiger partial charge on any atom is 0.261 e. The van der Waals surface area contributed by atoms with E-state index in [1.807, 2.05) is 20.8 Å². The minimum atomic E-state index is -3.86. The van der Waals surface area contributed by atoms with Crippen molar-refractivity contribution >= 4 is 41.6 Å². The normalized spacial score (nSPS) is 13.4. The molecule has 1 aromatic carbocycles. The maximum absolute atomic E-state index is 12.0. The molecule has 1 unspecified atom stereocenters. The first kappa shape index (κ1) is 16.5. The molecule has 7 heteroatoms. The van der Waals surface area contributed by atoms with Gasteiger partial charge >= 0.3 is 0 Å². The van der Waals surface area contributed by atoms with Gasteiger partial charge in [-0.05, 0) is 31.0 Å². The Bertz CT molecular complexity index is 587. The second kappa shape index (κ2) is 6.24. The lowest BCUT2D eigenvalue weighted by atomic mass is 10.1. The van der Waals surface area contributed by atoms with Crippen molar-refractivity contribution < 1.29 is 13.2 Å². The van der Waals surface area contributed by atoms with E-state index in [-0.39, 0.29) is 28.3 Å². The Balaban J connectivity index is 3.08. The molecule has 0 saturated heterocycles. The highest BCUT2D eigenvalue weighted by Gasteiger charge is 2.17. The van der Waals surface area contributed by atoms with E-state index < -0.39 is 9.05 Å². The number of hydrogen-bond donors (Lipinski definition) is 1. The first-order valence-electron chi connectivity index (χ1n) is 5.67. The number of hydrogen-bond acceptors (Lipinski definition) is 3. The van der Waals surface area contributed by atoms with E-state index in [4.69, 9.17) is 10.7 Å². The molecule has 0 radical (unpaired) electrons. The van der Waals surface area contributed by atoms with Crippen molar-refractivity contribution in [2.45, 2.75) is 31.7 Å². The third-order valence-corrected chi connectivity index (χ3v) is 4.56. The fourth-order valence-electron chi connectivity index (χ4n) is 1.29. The van der Waals surface area contributed by atoms with E-state index in [0.29, 0.717) is 4.47 Å². The molecule has 0 heterocycles. The minimum absolute atomic E-state index is 0.0115. The highest BCUT2D eigenvalue weighted by atomic mass is 79.9. The van der Waals surface area contributed by atoms with Crippen molar-refractivity contribution in [1.29, 1.82) is 0 Å². The lowest BCUT2D eigenvalue weighted by Crippen LogP contribution is -2.36. The van der Waals surface area contributed by atoms with Crippen molar-refractivity contribution in [2.75, 3.05) is 0 Å². The molecule has 1 rings (SSSR count). The van der Waals surface area contributed by atoms with Crippen molar-refractivity contribution in [2.24, 2.45) is 5.92 Å². The first-order chi connectivity index (χ1) is 8.61. The van der Waals surface area contributed by atoms with Crippen LogP contribution in [-0.2, 0) is 9.05 Å². The largest absolute Gasteiger partial charge is 0.349 e. The van der Waals surface area contributed by atoms with E-state index in [1.165, 1.54) is 12.1 Å². The van der Waals surface area contributed by atoms with Gasteiger partial charge in [-0.2, -0.15) is 0 Å². The Hall–Kier alpha value is -0.590. The molecular formula is C12H15BrClNO3S. The van der Waals surface area contributed by atoms with Gasteiger partial charge in [0.2, 0.25) is 0 Å². The van der Waals surface area contributed by atoms with Crippen LogP contribution in [0.5, 0.6) is 0 Å². The summed E-state index contributed by atoms with van der Waals surface area (Å²) < 4.78 is 23.1. The highest BCUT2D eigenvalue weighted by Crippen LogP contribution is 2.22. The average molecular weight is 369 g/mol. The summed E-state index contributed by atoms with van der Waals surface area (Å²) in [5, 5.41) is 2.80. The van der Waals surface area contributed by atoms with E-state index in [2.05, 4.69) is 21.2 Å². The third-order valence-electron chi connectivity index (χ3n) is 2.77. The van der Waals surface area contributed by atoms with E-state index in [0.717, 1.165) is 0 Å². The molecule has 0 aliphatic heterocycles. The molecule has 1 N–H and O–H groups in total. The number of carbonyl (C=O) groups excluding carboxylic acids is 1. The Kier molecular flexibility index (Phi) is 5.41. The number of halogens is 2. The SMILES string of the molecule is CC(C)C(C)NC(=O)c1cc(Br)cc(S(=O)(=O)Cl)c1. The van der Waals surface area contributed by atoms with Gasteiger partial charge in [-0.15, -0.1) is 0 Å². The van der Waals surface area contributed by atoms with Gasteiger partial charge in [0.15, 0.2) is 0 Å². The van der Waals surface area contributed by atoms with Crippen LogP contribution < -0.4 is 5.32 Å². The molecule has 0 bridgehead atoms. The van der Waals surface area contributed by atoms with Crippen molar-refractivity contribution in [3.05, 3.63) is 28.2 Å². The number of amides is 1. The third kappa shape index (κ3) is 4.78. The molecular weight excluding hydrogens is 354 g/mol. The zero-order valence-corrected chi connectivity index (χ0v) is 13.9. The summed E-state index contributed by atoms with van der Waals surface area (Å²) in [7, 11) is 1.42. The van der Waals surface area contributed by atoms with E-state index in [1.54, 1.807) is 6.07 Å². The quantitative estimate of drug-likeness (QED) is 0.830. The molecule has 0 saturated carbocycles. The fourth-order valence-corrected chi connectivity index (χ4v) is 2.74. The van der Waals surface area contributed by atoms with Crippen LogP contribution >= 0.6 is 26.6 Å². The predicted molar refractivity (Wildman–Crippen MR) is 78.9 cm³/mol. The molecule has 0 aromatic heterocycles. The first-order valence-corrected chi connectivity index (χ1v) is 8.77. The van der Waals surface area contributed by atoms with Gasteiger partial charge in [-0.25, -0.2) is 8.42 Å². The molecule has 106 valence electrons. The van der Waals surface area contributed by atoms with Crippen LogP contribution in [0.15, 0.2) is 27.6 Å². The molecule has 0 spiro atoms. The summed E-state index contributed by atoms with van der Waals surface area (Å²) in [5.41, 5.74) is 0.251. The number of carbonyl (C=O) groups is 1. The van der Waals surface area contributed by atoms with Gasteiger partial charge in [-0.3, -0.25) is 4.79 Å². The monoisotopic (exact) mass is 367 g/mol. The van der Waals surface area contributed by atoms with Crippen molar-refractivity contribution in [3.8, 4) is 0 Å². The second-order valence-electron chi connectivity index (χ2n) is 4.62. The van der Waals surface area contributed by atoms with Crippen molar-refractivity contribution in [1.82, 2.24) is 5.32 Å². The molecule has 0 aliphatic carbocycles. The van der Waals surface area contributed by atoms with Crippen LogP contribution in [-0.4, -0.2) is 20.4 Å². The zero-order valence-electron chi connectivity index (χ0n) is 10.8. The van der Waals surface area contributed by atoms with E-state index in [9.17, 15) is 13.2 Å². The Morgan fingerprint density at radius 2 is 1.84 bits per heavy atom. The van der Waals surface area contributed by atoms with Gasteiger partial charge in [0.05, 0.1) is 4.90 Å². The van der Waals surface area contributed by atoms with Crippen LogP contribution in [0.2, 0.25) is 0 Å². The van der Waals surface area contributed by atoms with Gasteiger partial charge in [0, 0.05) is 26.8 Å². The molecule has 19 heavy (non-hydrogen) atoms. The number of rotatable bonds is 4. The lowest BCUT2D eigenvalue weighted by molar-refractivity contribution is 0.0930. The Labute approximate surface area is 126 Å². The number of nitrogens with one attached hydrogen (secondary N) is 1. The zero-order chi connectivity index (χ0) is 14.8. The minimum Gasteiger partial charge on any atom is -0.349 e. The topological polar surface area (TPSA) is 63.2 Å². The lowest BCUT2D eigenvalue weighted by Gasteiger charge is -2.17.